The van der Waals surface area contributed by atoms with Crippen LogP contribution < -0.4 is 15.8 Å². The first-order chi connectivity index (χ1) is 8.31. The van der Waals surface area contributed by atoms with Crippen LogP contribution in [0.25, 0.3) is 0 Å². The summed E-state index contributed by atoms with van der Waals surface area (Å²) in [5, 5.41) is 3.46. The molecule has 1 aromatic rings. The predicted octanol–water partition coefficient (Wildman–Crippen LogP) is 3.01. The zero-order valence-corrected chi connectivity index (χ0v) is 10.9. The quantitative estimate of drug-likeness (QED) is 0.682. The van der Waals surface area contributed by atoms with Crippen molar-refractivity contribution in [3.8, 4) is 5.75 Å². The summed E-state index contributed by atoms with van der Waals surface area (Å²) in [6.07, 6.45) is 4.85. The molecule has 0 aliphatic carbocycles. The van der Waals surface area contributed by atoms with Crippen LogP contribution in [0.1, 0.15) is 32.6 Å². The van der Waals surface area contributed by atoms with E-state index in [-0.39, 0.29) is 0 Å². The van der Waals surface area contributed by atoms with E-state index in [4.69, 9.17) is 10.5 Å². The SMILES string of the molecule is CCCCCC(CN)Nc1ccccc1OC. The summed E-state index contributed by atoms with van der Waals surface area (Å²) in [5.41, 5.74) is 6.82. The van der Waals surface area contributed by atoms with Crippen molar-refractivity contribution in [2.75, 3.05) is 19.0 Å². The van der Waals surface area contributed by atoms with Gasteiger partial charge in [0, 0.05) is 12.6 Å². The van der Waals surface area contributed by atoms with Gasteiger partial charge in [0.2, 0.25) is 0 Å². The Morgan fingerprint density at radius 3 is 2.71 bits per heavy atom. The fraction of sp³-hybridized carbons (Fsp3) is 0.571. The van der Waals surface area contributed by atoms with E-state index < -0.39 is 0 Å². The summed E-state index contributed by atoms with van der Waals surface area (Å²) in [6, 6.07) is 8.30. The number of nitrogens with one attached hydrogen (secondary N) is 1. The number of rotatable bonds is 8. The highest BCUT2D eigenvalue weighted by Gasteiger charge is 2.08. The van der Waals surface area contributed by atoms with E-state index in [0.29, 0.717) is 12.6 Å². The molecular weight excluding hydrogens is 212 g/mol. The van der Waals surface area contributed by atoms with Gasteiger partial charge in [-0.1, -0.05) is 38.3 Å². The summed E-state index contributed by atoms with van der Waals surface area (Å²) in [6.45, 7) is 2.87. The molecule has 0 spiro atoms. The van der Waals surface area contributed by atoms with Crippen LogP contribution >= 0.6 is 0 Å². The zero-order valence-electron chi connectivity index (χ0n) is 10.9. The molecule has 0 bridgehead atoms. The fourth-order valence-corrected chi connectivity index (χ4v) is 1.87. The second-order valence-corrected chi connectivity index (χ2v) is 4.27. The van der Waals surface area contributed by atoms with E-state index in [9.17, 15) is 0 Å². The molecule has 0 saturated carbocycles. The lowest BCUT2D eigenvalue weighted by molar-refractivity contribution is 0.415. The summed E-state index contributed by atoms with van der Waals surface area (Å²) in [7, 11) is 1.69. The number of anilines is 1. The van der Waals surface area contributed by atoms with Crippen LogP contribution in [0.5, 0.6) is 5.75 Å². The number of unbranched alkanes of at least 4 members (excludes halogenated alkanes) is 2. The Kier molecular flexibility index (Phi) is 6.48. The molecule has 1 unspecified atom stereocenters. The molecule has 17 heavy (non-hydrogen) atoms. The third-order valence-corrected chi connectivity index (χ3v) is 2.91. The molecule has 1 rings (SSSR count). The Balaban J connectivity index is 2.54. The van der Waals surface area contributed by atoms with Crippen molar-refractivity contribution in [1.82, 2.24) is 0 Å². The van der Waals surface area contributed by atoms with Gasteiger partial charge in [0.1, 0.15) is 5.75 Å². The second kappa shape index (κ2) is 7.96. The lowest BCUT2D eigenvalue weighted by Gasteiger charge is -2.19. The predicted molar refractivity (Wildman–Crippen MR) is 73.6 cm³/mol. The van der Waals surface area contributed by atoms with Crippen LogP contribution in [0.2, 0.25) is 0 Å². The van der Waals surface area contributed by atoms with Gasteiger partial charge in [0.25, 0.3) is 0 Å². The van der Waals surface area contributed by atoms with Crippen molar-refractivity contribution in [3.63, 3.8) is 0 Å². The summed E-state index contributed by atoms with van der Waals surface area (Å²) < 4.78 is 5.31. The van der Waals surface area contributed by atoms with Gasteiger partial charge in [0.15, 0.2) is 0 Å². The highest BCUT2D eigenvalue weighted by molar-refractivity contribution is 5.56. The zero-order chi connectivity index (χ0) is 12.5. The summed E-state index contributed by atoms with van der Waals surface area (Å²) in [5.74, 6) is 0.876. The van der Waals surface area contributed by atoms with Gasteiger partial charge in [-0.2, -0.15) is 0 Å². The number of para-hydroxylation sites is 2. The molecule has 1 aromatic carbocycles. The third kappa shape index (κ3) is 4.65. The summed E-state index contributed by atoms with van der Waals surface area (Å²) in [4.78, 5) is 0. The molecule has 96 valence electrons. The van der Waals surface area contributed by atoms with Gasteiger partial charge in [-0.25, -0.2) is 0 Å². The van der Waals surface area contributed by atoms with Gasteiger partial charge in [-0.15, -0.1) is 0 Å². The number of ether oxygens (including phenoxy) is 1. The number of benzene rings is 1. The van der Waals surface area contributed by atoms with E-state index in [2.05, 4.69) is 12.2 Å². The first-order valence-electron chi connectivity index (χ1n) is 6.41. The Bertz CT molecular complexity index is 315. The molecule has 0 amide bonds. The first kappa shape index (κ1) is 13.8. The number of methoxy groups -OCH3 is 1. The Morgan fingerprint density at radius 1 is 1.29 bits per heavy atom. The largest absolute Gasteiger partial charge is 0.495 e. The lowest BCUT2D eigenvalue weighted by Crippen LogP contribution is -2.28. The monoisotopic (exact) mass is 236 g/mol. The number of hydrogen-bond donors (Lipinski definition) is 2. The van der Waals surface area contributed by atoms with Gasteiger partial charge < -0.3 is 15.8 Å². The second-order valence-electron chi connectivity index (χ2n) is 4.27. The van der Waals surface area contributed by atoms with Crippen molar-refractivity contribution in [2.24, 2.45) is 5.73 Å². The van der Waals surface area contributed by atoms with Gasteiger partial charge in [-0.05, 0) is 18.6 Å². The molecule has 0 aliphatic rings. The molecule has 3 heteroatoms. The minimum atomic E-state index is 0.331. The van der Waals surface area contributed by atoms with Crippen LogP contribution in [0, 0.1) is 0 Å². The van der Waals surface area contributed by atoms with Crippen LogP contribution in [-0.2, 0) is 0 Å². The lowest BCUT2D eigenvalue weighted by atomic mass is 10.1. The van der Waals surface area contributed by atoms with E-state index in [0.717, 1.165) is 17.9 Å². The number of hydrogen-bond acceptors (Lipinski definition) is 3. The maximum Gasteiger partial charge on any atom is 0.141 e. The minimum absolute atomic E-state index is 0.331. The fourth-order valence-electron chi connectivity index (χ4n) is 1.87. The molecule has 3 nitrogen and oxygen atoms in total. The molecule has 0 saturated heterocycles. The highest BCUT2D eigenvalue weighted by atomic mass is 16.5. The highest BCUT2D eigenvalue weighted by Crippen LogP contribution is 2.24. The molecular formula is C14H24N2O. The normalized spacial score (nSPS) is 12.2. The smallest absolute Gasteiger partial charge is 0.141 e. The van der Waals surface area contributed by atoms with Gasteiger partial charge in [0.05, 0.1) is 12.8 Å². The molecule has 0 aromatic heterocycles. The Hall–Kier alpha value is -1.22. The topological polar surface area (TPSA) is 47.3 Å². The molecule has 0 fully saturated rings. The van der Waals surface area contributed by atoms with Crippen LogP contribution in [0.15, 0.2) is 24.3 Å². The Labute approximate surface area is 104 Å². The standard InChI is InChI=1S/C14H24N2O/c1-3-4-5-8-12(11-15)16-13-9-6-7-10-14(13)17-2/h6-7,9-10,12,16H,3-5,8,11,15H2,1-2H3. The Morgan fingerprint density at radius 2 is 2.06 bits per heavy atom. The minimum Gasteiger partial charge on any atom is -0.495 e. The van der Waals surface area contributed by atoms with Crippen LogP contribution in [0.3, 0.4) is 0 Å². The molecule has 1 atom stereocenters. The molecule has 0 radical (unpaired) electrons. The van der Waals surface area contributed by atoms with E-state index >= 15 is 0 Å². The molecule has 0 heterocycles. The molecule has 0 aliphatic heterocycles. The van der Waals surface area contributed by atoms with E-state index in [1.54, 1.807) is 7.11 Å². The van der Waals surface area contributed by atoms with Crippen molar-refractivity contribution < 1.29 is 4.74 Å². The van der Waals surface area contributed by atoms with Gasteiger partial charge in [-0.3, -0.25) is 0 Å². The van der Waals surface area contributed by atoms with Crippen LogP contribution in [0.4, 0.5) is 5.69 Å². The first-order valence-corrected chi connectivity index (χ1v) is 6.41. The average Bonchev–Trinajstić information content (AvgIpc) is 2.38. The van der Waals surface area contributed by atoms with Gasteiger partial charge >= 0.3 is 0 Å². The average molecular weight is 236 g/mol. The van der Waals surface area contributed by atoms with Crippen molar-refractivity contribution in [3.05, 3.63) is 24.3 Å². The van der Waals surface area contributed by atoms with E-state index in [1.165, 1.54) is 19.3 Å². The van der Waals surface area contributed by atoms with Crippen molar-refractivity contribution in [2.45, 2.75) is 38.6 Å². The summed E-state index contributed by atoms with van der Waals surface area (Å²) >= 11 is 0. The number of nitrogens with two attached hydrogens (primary N) is 1. The maximum atomic E-state index is 5.79. The molecule has 3 N–H and O–H groups in total. The van der Waals surface area contributed by atoms with Crippen molar-refractivity contribution in [1.29, 1.82) is 0 Å². The van der Waals surface area contributed by atoms with E-state index in [1.807, 2.05) is 24.3 Å². The van der Waals surface area contributed by atoms with Crippen LogP contribution in [-0.4, -0.2) is 19.7 Å². The maximum absolute atomic E-state index is 5.79. The third-order valence-electron chi connectivity index (χ3n) is 2.91. The van der Waals surface area contributed by atoms with Crippen molar-refractivity contribution >= 4 is 5.69 Å².